The van der Waals surface area contributed by atoms with Crippen LogP contribution in [0.3, 0.4) is 0 Å². The molecule has 0 saturated carbocycles. The molecular weight excluding hydrogens is 276 g/mol. The van der Waals surface area contributed by atoms with E-state index >= 15 is 0 Å². The minimum Gasteiger partial charge on any atom is -0.353 e. The van der Waals surface area contributed by atoms with Crippen LogP contribution in [0.5, 0.6) is 0 Å². The zero-order valence-electron chi connectivity index (χ0n) is 12.0. The van der Waals surface area contributed by atoms with E-state index in [0.717, 1.165) is 5.56 Å². The molecule has 110 valence electrons. The summed E-state index contributed by atoms with van der Waals surface area (Å²) in [7, 11) is 0. The third-order valence-electron chi connectivity index (χ3n) is 3.04. The van der Waals surface area contributed by atoms with Crippen LogP contribution in [-0.2, 0) is 10.5 Å². The van der Waals surface area contributed by atoms with Crippen molar-refractivity contribution in [3.63, 3.8) is 0 Å². The second-order valence-corrected chi connectivity index (χ2v) is 6.00. The summed E-state index contributed by atoms with van der Waals surface area (Å²) in [6.07, 6.45) is 0. The molecule has 1 rings (SSSR count). The van der Waals surface area contributed by atoms with Gasteiger partial charge in [0.25, 0.3) is 5.69 Å². The van der Waals surface area contributed by atoms with E-state index in [4.69, 9.17) is 0 Å². The highest BCUT2D eigenvalue weighted by atomic mass is 32.2. The van der Waals surface area contributed by atoms with E-state index in [0.29, 0.717) is 17.4 Å². The first-order valence-corrected chi connectivity index (χ1v) is 7.66. The quantitative estimate of drug-likeness (QED) is 0.620. The number of carbonyl (C=O) groups excluding carboxylic acids is 1. The minimum atomic E-state index is -0.419. The molecule has 0 aromatic heterocycles. The second-order valence-electron chi connectivity index (χ2n) is 5.02. The van der Waals surface area contributed by atoms with Crippen molar-refractivity contribution in [3.8, 4) is 0 Å². The van der Waals surface area contributed by atoms with Gasteiger partial charge in [0.15, 0.2) is 0 Å². The molecular formula is C14H20N2O3S. The Morgan fingerprint density at radius 3 is 2.40 bits per heavy atom. The first-order chi connectivity index (χ1) is 9.40. The zero-order valence-corrected chi connectivity index (χ0v) is 12.8. The molecule has 1 atom stereocenters. The number of hydrogen-bond donors (Lipinski definition) is 1. The van der Waals surface area contributed by atoms with Gasteiger partial charge in [-0.3, -0.25) is 14.9 Å². The van der Waals surface area contributed by atoms with Gasteiger partial charge >= 0.3 is 0 Å². The number of nitro groups is 1. The molecule has 0 spiro atoms. The van der Waals surface area contributed by atoms with Crippen LogP contribution in [0, 0.1) is 16.0 Å². The van der Waals surface area contributed by atoms with Gasteiger partial charge in [-0.25, -0.2) is 0 Å². The van der Waals surface area contributed by atoms with Gasteiger partial charge in [-0.05, 0) is 18.4 Å². The Kier molecular flexibility index (Phi) is 6.51. The molecule has 1 amide bonds. The van der Waals surface area contributed by atoms with Crippen LogP contribution in [0.2, 0.25) is 0 Å². The predicted octanol–water partition coefficient (Wildman–Crippen LogP) is 2.99. The number of benzene rings is 1. The summed E-state index contributed by atoms with van der Waals surface area (Å²) >= 11 is 1.50. The fourth-order valence-corrected chi connectivity index (χ4v) is 2.24. The van der Waals surface area contributed by atoms with Gasteiger partial charge in [0.05, 0.1) is 10.7 Å². The number of nitrogens with one attached hydrogen (secondary N) is 1. The molecule has 0 aliphatic heterocycles. The lowest BCUT2D eigenvalue weighted by molar-refractivity contribution is -0.384. The molecule has 0 saturated heterocycles. The van der Waals surface area contributed by atoms with E-state index in [-0.39, 0.29) is 17.6 Å². The van der Waals surface area contributed by atoms with Crippen molar-refractivity contribution in [3.05, 3.63) is 39.9 Å². The lowest BCUT2D eigenvalue weighted by Crippen LogP contribution is -2.37. The van der Waals surface area contributed by atoms with Crippen LogP contribution in [-0.4, -0.2) is 22.6 Å². The van der Waals surface area contributed by atoms with Crippen molar-refractivity contribution in [2.45, 2.75) is 32.6 Å². The Morgan fingerprint density at radius 1 is 1.30 bits per heavy atom. The number of amides is 1. The summed E-state index contributed by atoms with van der Waals surface area (Å²) in [5.41, 5.74) is 1.06. The molecule has 20 heavy (non-hydrogen) atoms. The smallest absolute Gasteiger partial charge is 0.269 e. The molecule has 0 aliphatic carbocycles. The largest absolute Gasteiger partial charge is 0.353 e. The average molecular weight is 296 g/mol. The normalized spacial score (nSPS) is 12.2. The molecule has 0 aliphatic rings. The first kappa shape index (κ1) is 16.5. The van der Waals surface area contributed by atoms with Gasteiger partial charge in [-0.1, -0.05) is 26.0 Å². The van der Waals surface area contributed by atoms with Crippen molar-refractivity contribution in [2.75, 3.05) is 5.75 Å². The number of rotatable bonds is 7. The fourth-order valence-electron chi connectivity index (χ4n) is 1.44. The molecule has 6 heteroatoms. The maximum atomic E-state index is 11.7. The number of hydrogen-bond acceptors (Lipinski definition) is 4. The molecule has 0 radical (unpaired) electrons. The molecule has 1 N–H and O–H groups in total. The lowest BCUT2D eigenvalue weighted by Gasteiger charge is -2.17. The lowest BCUT2D eigenvalue weighted by atomic mass is 10.1. The summed E-state index contributed by atoms with van der Waals surface area (Å²) in [5.74, 6) is 1.51. The van der Waals surface area contributed by atoms with E-state index in [1.807, 2.05) is 6.92 Å². The second kappa shape index (κ2) is 7.89. The minimum absolute atomic E-state index is 0.0260. The van der Waals surface area contributed by atoms with Crippen molar-refractivity contribution in [2.24, 2.45) is 5.92 Å². The Bertz CT molecular complexity index is 460. The van der Waals surface area contributed by atoms with Crippen LogP contribution >= 0.6 is 11.8 Å². The summed E-state index contributed by atoms with van der Waals surface area (Å²) < 4.78 is 0. The highest BCUT2D eigenvalue weighted by Crippen LogP contribution is 2.16. The van der Waals surface area contributed by atoms with Crippen LogP contribution < -0.4 is 5.32 Å². The standard InChI is InChI=1S/C14H20N2O3S/c1-10(2)11(3)15-14(17)9-20-8-12-4-6-13(7-5-12)16(18)19/h4-7,10-11H,8-9H2,1-3H3,(H,15,17)/t11-/m1/s1. The maximum absolute atomic E-state index is 11.7. The fraction of sp³-hybridized carbons (Fsp3) is 0.500. The van der Waals surface area contributed by atoms with E-state index < -0.39 is 4.92 Å². The van der Waals surface area contributed by atoms with Crippen LogP contribution in [0.25, 0.3) is 0 Å². The van der Waals surface area contributed by atoms with Gasteiger partial charge in [0.1, 0.15) is 0 Å². The Balaban J connectivity index is 2.33. The summed E-state index contributed by atoms with van der Waals surface area (Å²) in [4.78, 5) is 21.8. The number of nitro benzene ring substituents is 1. The van der Waals surface area contributed by atoms with Crippen LogP contribution in [0.1, 0.15) is 26.3 Å². The number of carbonyl (C=O) groups is 1. The average Bonchev–Trinajstić information content (AvgIpc) is 2.39. The van der Waals surface area contributed by atoms with Crippen LogP contribution in [0.4, 0.5) is 5.69 Å². The van der Waals surface area contributed by atoms with Crippen molar-refractivity contribution >= 4 is 23.4 Å². The summed E-state index contributed by atoms with van der Waals surface area (Å²) in [6, 6.07) is 6.58. The third kappa shape index (κ3) is 5.61. The van der Waals surface area contributed by atoms with E-state index in [9.17, 15) is 14.9 Å². The van der Waals surface area contributed by atoms with Gasteiger partial charge in [0, 0.05) is 23.9 Å². The van der Waals surface area contributed by atoms with Gasteiger partial charge in [-0.2, -0.15) is 0 Å². The molecule has 0 unspecified atom stereocenters. The number of nitrogens with zero attached hydrogens (tertiary/aromatic N) is 1. The Morgan fingerprint density at radius 2 is 1.90 bits per heavy atom. The Hall–Kier alpha value is -1.56. The molecule has 1 aromatic rings. The topological polar surface area (TPSA) is 72.2 Å². The molecule has 0 heterocycles. The zero-order chi connectivity index (χ0) is 15.1. The predicted molar refractivity (Wildman–Crippen MR) is 81.7 cm³/mol. The SMILES string of the molecule is CC(C)[C@@H](C)NC(=O)CSCc1ccc([N+](=O)[O-])cc1. The molecule has 0 bridgehead atoms. The monoisotopic (exact) mass is 296 g/mol. The van der Waals surface area contributed by atoms with Crippen molar-refractivity contribution in [1.29, 1.82) is 0 Å². The number of thioether (sulfide) groups is 1. The van der Waals surface area contributed by atoms with Gasteiger partial charge < -0.3 is 5.32 Å². The maximum Gasteiger partial charge on any atom is 0.269 e. The molecule has 0 fully saturated rings. The highest BCUT2D eigenvalue weighted by Gasteiger charge is 2.10. The highest BCUT2D eigenvalue weighted by molar-refractivity contribution is 7.99. The van der Waals surface area contributed by atoms with Gasteiger partial charge in [0.2, 0.25) is 5.91 Å². The van der Waals surface area contributed by atoms with Crippen molar-refractivity contribution < 1.29 is 9.72 Å². The van der Waals surface area contributed by atoms with Crippen LogP contribution in [0.15, 0.2) is 24.3 Å². The summed E-state index contributed by atoms with van der Waals surface area (Å²) in [5, 5.41) is 13.5. The molecule has 5 nitrogen and oxygen atoms in total. The van der Waals surface area contributed by atoms with E-state index in [1.54, 1.807) is 12.1 Å². The summed E-state index contributed by atoms with van der Waals surface area (Å²) in [6.45, 7) is 6.12. The van der Waals surface area contributed by atoms with E-state index in [2.05, 4.69) is 19.2 Å². The van der Waals surface area contributed by atoms with Gasteiger partial charge in [-0.15, -0.1) is 11.8 Å². The first-order valence-electron chi connectivity index (χ1n) is 6.50. The Labute approximate surface area is 123 Å². The third-order valence-corrected chi connectivity index (χ3v) is 4.04. The van der Waals surface area contributed by atoms with E-state index in [1.165, 1.54) is 23.9 Å². The number of non-ortho nitro benzene ring substituents is 1. The van der Waals surface area contributed by atoms with Crippen molar-refractivity contribution in [1.82, 2.24) is 5.32 Å². The molecule has 1 aromatic carbocycles.